The number of carbonyl (C=O) groups excluding carboxylic acids is 2. The van der Waals surface area contributed by atoms with E-state index in [4.69, 9.17) is 0 Å². The molecule has 5 heteroatoms. The minimum Gasteiger partial charge on any atom is -0.305 e. The summed E-state index contributed by atoms with van der Waals surface area (Å²) in [7, 11) is 0. The first-order valence-electron chi connectivity index (χ1n) is 10.4. The highest BCUT2D eigenvalue weighted by atomic mass is 19.1. The smallest absolute Gasteiger partial charge is 0.258 e. The third kappa shape index (κ3) is 3.83. The molecule has 1 aliphatic heterocycles. The van der Waals surface area contributed by atoms with Crippen molar-refractivity contribution in [1.29, 1.82) is 0 Å². The number of hydrogen-bond donors (Lipinski definition) is 0. The maximum Gasteiger partial charge on any atom is 0.258 e. The number of carbonyl (C=O) groups is 2. The molecule has 0 aromatic heterocycles. The molecular weight excluding hydrogens is 391 g/mol. The quantitative estimate of drug-likeness (QED) is 0.552. The van der Waals surface area contributed by atoms with Gasteiger partial charge in [-0.15, -0.1) is 0 Å². The molecule has 0 saturated carbocycles. The fraction of sp³-hybridized carbons (Fsp3) is 0.231. The third-order valence-electron chi connectivity index (χ3n) is 5.87. The average molecular weight is 416 g/mol. The van der Waals surface area contributed by atoms with Crippen LogP contribution in [0.2, 0.25) is 0 Å². The van der Waals surface area contributed by atoms with Crippen LogP contribution < -0.4 is 9.80 Å². The van der Waals surface area contributed by atoms with Crippen molar-refractivity contribution in [3.05, 3.63) is 95.3 Å². The second-order valence-corrected chi connectivity index (χ2v) is 8.02. The Hall–Kier alpha value is -3.47. The van der Waals surface area contributed by atoms with Crippen LogP contribution in [0.3, 0.4) is 0 Å². The van der Waals surface area contributed by atoms with Gasteiger partial charge in [0.2, 0.25) is 5.91 Å². The van der Waals surface area contributed by atoms with E-state index in [1.54, 1.807) is 29.7 Å². The lowest BCUT2D eigenvalue weighted by Gasteiger charge is -2.43. The standard InChI is InChI=1S/C26H25FN2O2/c1-17-15-20(13-14-23(17)27)26(31)28-18(2)16-25(22-11-7-8-12-24(22)28)29(19(3)30)21-9-5-4-6-10-21/h4-15,18,25H,16H2,1-3H3/t18-,25+/m1/s1. The van der Waals surface area contributed by atoms with Crippen LogP contribution >= 0.6 is 0 Å². The van der Waals surface area contributed by atoms with E-state index >= 15 is 0 Å². The maximum atomic E-state index is 13.7. The number of para-hydroxylation sites is 2. The number of aryl methyl sites for hydroxylation is 1. The molecule has 1 heterocycles. The van der Waals surface area contributed by atoms with Gasteiger partial charge in [0.15, 0.2) is 0 Å². The van der Waals surface area contributed by atoms with Crippen molar-refractivity contribution in [3.63, 3.8) is 0 Å². The Balaban J connectivity index is 1.78. The minimum atomic E-state index is -0.330. The van der Waals surface area contributed by atoms with E-state index in [0.29, 0.717) is 17.5 Å². The maximum absolute atomic E-state index is 13.7. The van der Waals surface area contributed by atoms with Crippen LogP contribution in [0.4, 0.5) is 15.8 Å². The summed E-state index contributed by atoms with van der Waals surface area (Å²) < 4.78 is 13.7. The van der Waals surface area contributed by atoms with Crippen LogP contribution in [0, 0.1) is 12.7 Å². The SMILES string of the molecule is CC(=O)N(c1ccccc1)[C@H]1C[C@@H](C)N(C(=O)c2ccc(F)c(C)c2)c2ccccc21. The molecule has 0 saturated heterocycles. The van der Waals surface area contributed by atoms with E-state index in [0.717, 1.165) is 16.9 Å². The summed E-state index contributed by atoms with van der Waals surface area (Å²) >= 11 is 0. The molecule has 2 amide bonds. The zero-order chi connectivity index (χ0) is 22.1. The van der Waals surface area contributed by atoms with Crippen LogP contribution in [0.15, 0.2) is 72.8 Å². The number of fused-ring (bicyclic) bond motifs is 1. The number of anilines is 2. The Bertz CT molecular complexity index is 1130. The molecule has 4 rings (SSSR count). The largest absolute Gasteiger partial charge is 0.305 e. The van der Waals surface area contributed by atoms with Gasteiger partial charge in [-0.1, -0.05) is 36.4 Å². The van der Waals surface area contributed by atoms with Gasteiger partial charge in [-0.2, -0.15) is 0 Å². The molecule has 0 N–H and O–H groups in total. The lowest BCUT2D eigenvalue weighted by Crippen LogP contribution is -2.47. The molecule has 0 spiro atoms. The number of halogens is 1. The van der Waals surface area contributed by atoms with E-state index in [2.05, 4.69) is 0 Å². The summed E-state index contributed by atoms with van der Waals surface area (Å²) in [6, 6.07) is 21.4. The number of hydrogen-bond acceptors (Lipinski definition) is 2. The first kappa shape index (κ1) is 20.8. The molecule has 1 aliphatic rings. The minimum absolute atomic E-state index is 0.0489. The predicted octanol–water partition coefficient (Wildman–Crippen LogP) is 5.67. The van der Waals surface area contributed by atoms with Crippen molar-refractivity contribution in [2.45, 2.75) is 39.3 Å². The Kier molecular flexibility index (Phi) is 5.59. The fourth-order valence-corrected chi connectivity index (χ4v) is 4.42. The number of benzene rings is 3. The van der Waals surface area contributed by atoms with E-state index in [-0.39, 0.29) is 29.7 Å². The Morgan fingerprint density at radius 3 is 2.35 bits per heavy atom. The lowest BCUT2D eigenvalue weighted by molar-refractivity contribution is -0.117. The van der Waals surface area contributed by atoms with Crippen LogP contribution in [-0.2, 0) is 4.79 Å². The Morgan fingerprint density at radius 1 is 1.00 bits per heavy atom. The van der Waals surface area contributed by atoms with Crippen LogP contribution in [-0.4, -0.2) is 17.9 Å². The van der Waals surface area contributed by atoms with Crippen molar-refractivity contribution in [2.75, 3.05) is 9.80 Å². The summed E-state index contributed by atoms with van der Waals surface area (Å²) in [5.74, 6) is -0.550. The summed E-state index contributed by atoms with van der Waals surface area (Å²) in [5.41, 5.74) is 3.42. The molecule has 158 valence electrons. The van der Waals surface area contributed by atoms with Crippen molar-refractivity contribution in [1.82, 2.24) is 0 Å². The van der Waals surface area contributed by atoms with E-state index in [9.17, 15) is 14.0 Å². The summed E-state index contributed by atoms with van der Waals surface area (Å²) in [4.78, 5) is 29.7. The number of amides is 2. The van der Waals surface area contributed by atoms with Crippen LogP contribution in [0.5, 0.6) is 0 Å². The van der Waals surface area contributed by atoms with Gasteiger partial charge >= 0.3 is 0 Å². The molecule has 3 aromatic carbocycles. The second kappa shape index (κ2) is 8.34. The topological polar surface area (TPSA) is 40.6 Å². The van der Waals surface area contributed by atoms with Crippen LogP contribution in [0.1, 0.15) is 47.8 Å². The highest BCUT2D eigenvalue weighted by Crippen LogP contribution is 2.42. The molecule has 0 radical (unpaired) electrons. The van der Waals surface area contributed by atoms with Crippen molar-refractivity contribution in [2.24, 2.45) is 0 Å². The van der Waals surface area contributed by atoms with Crippen molar-refractivity contribution in [3.8, 4) is 0 Å². The second-order valence-electron chi connectivity index (χ2n) is 8.02. The molecule has 0 fully saturated rings. The highest BCUT2D eigenvalue weighted by Gasteiger charge is 2.38. The van der Waals surface area contributed by atoms with Crippen LogP contribution in [0.25, 0.3) is 0 Å². The van der Waals surface area contributed by atoms with Crippen molar-refractivity contribution >= 4 is 23.2 Å². The third-order valence-corrected chi connectivity index (χ3v) is 5.87. The van der Waals surface area contributed by atoms with Gasteiger partial charge in [-0.25, -0.2) is 4.39 Å². The van der Waals surface area contributed by atoms with Gasteiger partial charge in [0.05, 0.1) is 6.04 Å². The van der Waals surface area contributed by atoms with Crippen molar-refractivity contribution < 1.29 is 14.0 Å². The summed E-state index contributed by atoms with van der Waals surface area (Å²) in [5, 5.41) is 0. The molecule has 31 heavy (non-hydrogen) atoms. The summed E-state index contributed by atoms with van der Waals surface area (Å²) in [6.07, 6.45) is 0.595. The highest BCUT2D eigenvalue weighted by molar-refractivity contribution is 6.07. The Labute approximate surface area is 181 Å². The first-order valence-corrected chi connectivity index (χ1v) is 10.4. The normalized spacial score (nSPS) is 17.7. The lowest BCUT2D eigenvalue weighted by atomic mass is 9.89. The predicted molar refractivity (Wildman–Crippen MR) is 121 cm³/mol. The van der Waals surface area contributed by atoms with Gasteiger partial charge in [0, 0.05) is 29.9 Å². The van der Waals surface area contributed by atoms with Gasteiger partial charge in [0.25, 0.3) is 5.91 Å². The summed E-state index contributed by atoms with van der Waals surface area (Å²) in [6.45, 7) is 5.21. The van der Waals surface area contributed by atoms with E-state index < -0.39 is 0 Å². The molecule has 2 atom stereocenters. The molecule has 4 nitrogen and oxygen atoms in total. The zero-order valence-corrected chi connectivity index (χ0v) is 17.9. The molecule has 0 bridgehead atoms. The Morgan fingerprint density at radius 2 is 1.68 bits per heavy atom. The first-order chi connectivity index (χ1) is 14.9. The monoisotopic (exact) mass is 416 g/mol. The van der Waals surface area contributed by atoms with E-state index in [1.807, 2.05) is 61.5 Å². The molecule has 0 unspecified atom stereocenters. The van der Waals surface area contributed by atoms with E-state index in [1.165, 1.54) is 12.1 Å². The number of rotatable bonds is 3. The average Bonchev–Trinajstić information content (AvgIpc) is 2.76. The molecule has 0 aliphatic carbocycles. The van der Waals surface area contributed by atoms with Gasteiger partial charge < -0.3 is 9.80 Å². The number of nitrogens with zero attached hydrogens (tertiary/aromatic N) is 2. The zero-order valence-electron chi connectivity index (χ0n) is 17.9. The fourth-order valence-electron chi connectivity index (χ4n) is 4.42. The van der Waals surface area contributed by atoms with Gasteiger partial charge in [-0.05, 0) is 67.8 Å². The van der Waals surface area contributed by atoms with Gasteiger partial charge in [-0.3, -0.25) is 9.59 Å². The molecule has 3 aromatic rings. The molecular formula is C26H25FN2O2. The van der Waals surface area contributed by atoms with Gasteiger partial charge in [0.1, 0.15) is 5.82 Å².